The van der Waals surface area contributed by atoms with Gasteiger partial charge in [-0.15, -0.1) is 0 Å². The first-order chi connectivity index (χ1) is 8.59. The molecule has 0 fully saturated rings. The topological polar surface area (TPSA) is 66.6 Å². The summed E-state index contributed by atoms with van der Waals surface area (Å²) in [5.41, 5.74) is 0.988. The molecule has 0 saturated heterocycles. The van der Waals surface area contributed by atoms with E-state index in [0.717, 1.165) is 11.3 Å². The largest absolute Gasteiger partial charge is 0.505 e. The standard InChI is InChI=1S/C13H14N2O3/c1-9-10(5-7-18-9)8-15(2)13(17)12-11(16)4-3-6-14-12/h3-7,16H,8H2,1-2H3. The van der Waals surface area contributed by atoms with Crippen LogP contribution in [0.3, 0.4) is 0 Å². The molecule has 0 radical (unpaired) electrons. The number of aromatic nitrogens is 1. The summed E-state index contributed by atoms with van der Waals surface area (Å²) in [5, 5.41) is 9.58. The van der Waals surface area contributed by atoms with Crippen molar-refractivity contribution in [3.63, 3.8) is 0 Å². The van der Waals surface area contributed by atoms with Crippen LogP contribution in [-0.2, 0) is 6.54 Å². The van der Waals surface area contributed by atoms with Crippen LogP contribution in [0.4, 0.5) is 0 Å². The Hall–Kier alpha value is -2.30. The van der Waals surface area contributed by atoms with Gasteiger partial charge in [0.25, 0.3) is 5.91 Å². The molecule has 0 saturated carbocycles. The number of hydrogen-bond acceptors (Lipinski definition) is 4. The molecule has 2 heterocycles. The second kappa shape index (κ2) is 4.91. The average molecular weight is 246 g/mol. The van der Waals surface area contributed by atoms with Crippen LogP contribution in [0.2, 0.25) is 0 Å². The maximum absolute atomic E-state index is 12.1. The zero-order valence-corrected chi connectivity index (χ0v) is 10.3. The number of aromatic hydroxyl groups is 1. The highest BCUT2D eigenvalue weighted by Crippen LogP contribution is 2.17. The summed E-state index contributed by atoms with van der Waals surface area (Å²) < 4.78 is 5.17. The lowest BCUT2D eigenvalue weighted by atomic mass is 10.2. The molecular weight excluding hydrogens is 232 g/mol. The van der Waals surface area contributed by atoms with Gasteiger partial charge < -0.3 is 14.4 Å². The Bertz CT molecular complexity index is 563. The van der Waals surface area contributed by atoms with Crippen LogP contribution >= 0.6 is 0 Å². The maximum atomic E-state index is 12.1. The van der Waals surface area contributed by atoms with Crippen molar-refractivity contribution in [2.75, 3.05) is 7.05 Å². The van der Waals surface area contributed by atoms with Crippen LogP contribution in [0.25, 0.3) is 0 Å². The molecular formula is C13H14N2O3. The van der Waals surface area contributed by atoms with Gasteiger partial charge in [-0.2, -0.15) is 0 Å². The molecule has 5 heteroatoms. The van der Waals surface area contributed by atoms with Gasteiger partial charge in [-0.25, -0.2) is 4.98 Å². The summed E-state index contributed by atoms with van der Waals surface area (Å²) in [6.45, 7) is 2.25. The highest BCUT2D eigenvalue weighted by Gasteiger charge is 2.18. The SMILES string of the molecule is Cc1occc1CN(C)C(=O)c1ncccc1O. The van der Waals surface area contributed by atoms with Crippen molar-refractivity contribution in [2.24, 2.45) is 0 Å². The Balaban J connectivity index is 2.15. The zero-order chi connectivity index (χ0) is 13.1. The molecule has 2 rings (SSSR count). The Kier molecular flexibility index (Phi) is 3.32. The molecule has 0 aliphatic heterocycles. The molecule has 2 aromatic rings. The second-order valence-corrected chi connectivity index (χ2v) is 4.03. The summed E-state index contributed by atoms with van der Waals surface area (Å²) in [4.78, 5) is 17.4. The number of amides is 1. The molecule has 1 amide bonds. The average Bonchev–Trinajstić information content (AvgIpc) is 2.75. The molecule has 0 bridgehead atoms. The molecule has 0 aliphatic carbocycles. The predicted molar refractivity (Wildman–Crippen MR) is 65.1 cm³/mol. The first-order valence-corrected chi connectivity index (χ1v) is 5.52. The summed E-state index contributed by atoms with van der Waals surface area (Å²) >= 11 is 0. The van der Waals surface area contributed by atoms with Gasteiger partial charge in [-0.3, -0.25) is 4.79 Å². The first kappa shape index (κ1) is 12.2. The van der Waals surface area contributed by atoms with E-state index in [1.807, 2.05) is 13.0 Å². The van der Waals surface area contributed by atoms with Gasteiger partial charge in [0.2, 0.25) is 0 Å². The number of carbonyl (C=O) groups excluding carboxylic acids is 1. The Morgan fingerprint density at radius 3 is 2.89 bits per heavy atom. The minimum atomic E-state index is -0.325. The number of pyridine rings is 1. The zero-order valence-electron chi connectivity index (χ0n) is 10.3. The quantitative estimate of drug-likeness (QED) is 0.899. The maximum Gasteiger partial charge on any atom is 0.276 e. The minimum absolute atomic E-state index is 0.0566. The van der Waals surface area contributed by atoms with Gasteiger partial charge in [0.1, 0.15) is 11.5 Å². The van der Waals surface area contributed by atoms with Gasteiger partial charge >= 0.3 is 0 Å². The van der Waals surface area contributed by atoms with E-state index in [0.29, 0.717) is 6.54 Å². The fourth-order valence-electron chi connectivity index (χ4n) is 1.64. The number of nitrogens with zero attached hydrogens (tertiary/aromatic N) is 2. The van der Waals surface area contributed by atoms with Crippen molar-refractivity contribution < 1.29 is 14.3 Å². The van der Waals surface area contributed by atoms with Crippen molar-refractivity contribution in [3.05, 3.63) is 47.7 Å². The summed E-state index contributed by atoms with van der Waals surface area (Å²) in [6, 6.07) is 4.83. The lowest BCUT2D eigenvalue weighted by Crippen LogP contribution is -2.27. The van der Waals surface area contributed by atoms with Gasteiger partial charge in [0.15, 0.2) is 5.69 Å². The Morgan fingerprint density at radius 2 is 2.28 bits per heavy atom. The molecule has 0 spiro atoms. The summed E-state index contributed by atoms with van der Waals surface area (Å²) in [7, 11) is 1.66. The third kappa shape index (κ3) is 2.34. The number of furan rings is 1. The minimum Gasteiger partial charge on any atom is -0.505 e. The molecule has 1 N–H and O–H groups in total. The van der Waals surface area contributed by atoms with E-state index >= 15 is 0 Å². The third-order valence-corrected chi connectivity index (χ3v) is 2.71. The molecule has 0 atom stereocenters. The predicted octanol–water partition coefficient (Wildman–Crippen LogP) is 1.96. The van der Waals surface area contributed by atoms with Crippen molar-refractivity contribution in [1.82, 2.24) is 9.88 Å². The molecule has 5 nitrogen and oxygen atoms in total. The van der Waals surface area contributed by atoms with Crippen LogP contribution in [0, 0.1) is 6.92 Å². The highest BCUT2D eigenvalue weighted by atomic mass is 16.3. The number of rotatable bonds is 3. The Morgan fingerprint density at radius 1 is 1.50 bits per heavy atom. The van der Waals surface area contributed by atoms with Gasteiger partial charge in [-0.05, 0) is 25.1 Å². The van der Waals surface area contributed by atoms with Crippen molar-refractivity contribution >= 4 is 5.91 Å². The lowest BCUT2D eigenvalue weighted by Gasteiger charge is -2.16. The molecule has 2 aromatic heterocycles. The van der Waals surface area contributed by atoms with Crippen molar-refractivity contribution in [2.45, 2.75) is 13.5 Å². The van der Waals surface area contributed by atoms with E-state index in [-0.39, 0.29) is 17.4 Å². The van der Waals surface area contributed by atoms with E-state index in [1.165, 1.54) is 17.2 Å². The number of hydrogen-bond donors (Lipinski definition) is 1. The van der Waals surface area contributed by atoms with Gasteiger partial charge in [-0.1, -0.05) is 0 Å². The van der Waals surface area contributed by atoms with E-state index in [9.17, 15) is 9.90 Å². The molecule has 0 aliphatic rings. The second-order valence-electron chi connectivity index (χ2n) is 4.03. The van der Waals surface area contributed by atoms with Crippen LogP contribution in [0.1, 0.15) is 21.8 Å². The fourth-order valence-corrected chi connectivity index (χ4v) is 1.64. The molecule has 94 valence electrons. The molecule has 18 heavy (non-hydrogen) atoms. The third-order valence-electron chi connectivity index (χ3n) is 2.71. The molecule has 0 aromatic carbocycles. The lowest BCUT2D eigenvalue weighted by molar-refractivity contribution is 0.0775. The smallest absolute Gasteiger partial charge is 0.276 e. The van der Waals surface area contributed by atoms with Crippen LogP contribution < -0.4 is 0 Å². The van der Waals surface area contributed by atoms with Crippen LogP contribution in [0.5, 0.6) is 5.75 Å². The fraction of sp³-hybridized carbons (Fsp3) is 0.231. The summed E-state index contributed by atoms with van der Waals surface area (Å²) in [6.07, 6.45) is 3.06. The van der Waals surface area contributed by atoms with E-state index < -0.39 is 0 Å². The molecule has 0 unspecified atom stereocenters. The van der Waals surface area contributed by atoms with E-state index in [2.05, 4.69) is 4.98 Å². The van der Waals surface area contributed by atoms with Crippen molar-refractivity contribution in [1.29, 1.82) is 0 Å². The monoisotopic (exact) mass is 246 g/mol. The van der Waals surface area contributed by atoms with E-state index in [4.69, 9.17) is 4.42 Å². The highest BCUT2D eigenvalue weighted by molar-refractivity contribution is 5.94. The van der Waals surface area contributed by atoms with Crippen molar-refractivity contribution in [3.8, 4) is 5.75 Å². The van der Waals surface area contributed by atoms with Gasteiger partial charge in [0.05, 0.1) is 6.26 Å². The van der Waals surface area contributed by atoms with E-state index in [1.54, 1.807) is 19.4 Å². The number of carbonyl (C=O) groups is 1. The Labute approximate surface area is 105 Å². The first-order valence-electron chi connectivity index (χ1n) is 5.52. The van der Waals surface area contributed by atoms with Crippen LogP contribution in [0.15, 0.2) is 35.1 Å². The van der Waals surface area contributed by atoms with Gasteiger partial charge in [0, 0.05) is 25.4 Å². The summed E-state index contributed by atoms with van der Waals surface area (Å²) in [5.74, 6) is 0.340. The number of aryl methyl sites for hydroxylation is 1. The normalized spacial score (nSPS) is 10.3. The van der Waals surface area contributed by atoms with Crippen LogP contribution in [-0.4, -0.2) is 27.9 Å².